The average molecular weight is 300 g/mol. The van der Waals surface area contributed by atoms with Crippen LogP contribution in [0.1, 0.15) is 17.9 Å². The normalized spacial score (nSPS) is 18.5. The van der Waals surface area contributed by atoms with Crippen LogP contribution < -0.4 is 4.90 Å². The Kier molecular flexibility index (Phi) is 3.03. The van der Waals surface area contributed by atoms with E-state index in [2.05, 4.69) is 19.9 Å². The van der Waals surface area contributed by atoms with E-state index in [0.717, 1.165) is 40.6 Å². The van der Waals surface area contributed by atoms with Gasteiger partial charge in [0.1, 0.15) is 10.3 Å². The minimum absolute atomic E-state index is 0.387. The third kappa shape index (κ3) is 2.35. The second-order valence-corrected chi connectivity index (χ2v) is 6.13. The van der Waals surface area contributed by atoms with Gasteiger partial charge in [-0.3, -0.25) is 0 Å². The van der Waals surface area contributed by atoms with E-state index in [1.165, 1.54) is 6.07 Å². The number of hydrogen-bond acceptors (Lipinski definition) is 5. The first kappa shape index (κ1) is 12.6. The summed E-state index contributed by atoms with van der Waals surface area (Å²) in [4.78, 5) is 16.0. The fourth-order valence-electron chi connectivity index (χ4n) is 2.73. The van der Waals surface area contributed by atoms with Gasteiger partial charge in [0.15, 0.2) is 5.13 Å². The van der Waals surface area contributed by atoms with Gasteiger partial charge in [-0.15, -0.1) is 0 Å². The van der Waals surface area contributed by atoms with E-state index in [0.29, 0.717) is 5.92 Å². The molecular weight excluding hydrogens is 287 g/mol. The predicted molar refractivity (Wildman–Crippen MR) is 81.2 cm³/mol. The quantitative estimate of drug-likeness (QED) is 0.682. The minimum Gasteiger partial charge on any atom is -0.347 e. The summed E-state index contributed by atoms with van der Waals surface area (Å²) < 4.78 is 12.9. The molecular formula is C15H13FN4S. The van der Waals surface area contributed by atoms with E-state index >= 15 is 0 Å². The van der Waals surface area contributed by atoms with E-state index in [9.17, 15) is 4.39 Å². The summed E-state index contributed by atoms with van der Waals surface area (Å²) in [5.41, 5.74) is 2.04. The number of pyridine rings is 2. The highest BCUT2D eigenvalue weighted by Gasteiger charge is 2.26. The topological polar surface area (TPSA) is 41.9 Å². The van der Waals surface area contributed by atoms with Gasteiger partial charge in [0.05, 0.1) is 0 Å². The second-order valence-electron chi connectivity index (χ2n) is 5.17. The number of fused-ring (bicyclic) bond motifs is 1. The molecule has 1 aliphatic heterocycles. The third-order valence-corrected chi connectivity index (χ3v) is 4.88. The first-order valence-corrected chi connectivity index (χ1v) is 7.69. The molecule has 0 radical (unpaired) electrons. The molecule has 1 aliphatic rings. The summed E-state index contributed by atoms with van der Waals surface area (Å²) in [5, 5.41) is 1.02. The lowest BCUT2D eigenvalue weighted by molar-refractivity contribution is 0.580. The number of aromatic nitrogens is 3. The maximum atomic E-state index is 12.9. The van der Waals surface area contributed by atoms with Crippen molar-refractivity contribution in [1.82, 2.24) is 15.0 Å². The lowest BCUT2D eigenvalue weighted by Crippen LogP contribution is -2.18. The predicted octanol–water partition coefficient (Wildman–Crippen LogP) is 3.22. The average Bonchev–Trinajstić information content (AvgIpc) is 3.14. The molecule has 3 aromatic heterocycles. The van der Waals surface area contributed by atoms with Crippen LogP contribution >= 0.6 is 11.3 Å². The lowest BCUT2D eigenvalue weighted by Gasteiger charge is -2.14. The molecule has 0 saturated carbocycles. The fourth-order valence-corrected chi connectivity index (χ4v) is 3.67. The minimum atomic E-state index is -0.425. The molecule has 4 rings (SSSR count). The van der Waals surface area contributed by atoms with Gasteiger partial charge >= 0.3 is 0 Å². The van der Waals surface area contributed by atoms with Crippen LogP contribution in [0.25, 0.3) is 10.3 Å². The molecule has 0 amide bonds. The smallest absolute Gasteiger partial charge is 0.212 e. The van der Waals surface area contributed by atoms with Gasteiger partial charge < -0.3 is 4.90 Å². The van der Waals surface area contributed by atoms with Crippen LogP contribution in [0.2, 0.25) is 0 Å². The van der Waals surface area contributed by atoms with Crippen molar-refractivity contribution < 1.29 is 4.39 Å². The summed E-state index contributed by atoms with van der Waals surface area (Å²) in [6.45, 7) is 1.86. The zero-order valence-corrected chi connectivity index (χ0v) is 12.1. The molecule has 0 aliphatic carbocycles. The summed E-state index contributed by atoms with van der Waals surface area (Å²) in [5.74, 6) is -0.0380. The molecule has 1 saturated heterocycles. The number of hydrogen-bond donors (Lipinski definition) is 0. The fraction of sp³-hybridized carbons (Fsp3) is 0.267. The van der Waals surface area contributed by atoms with Gasteiger partial charge in [0.2, 0.25) is 5.95 Å². The zero-order chi connectivity index (χ0) is 14.2. The first-order chi connectivity index (χ1) is 10.3. The van der Waals surface area contributed by atoms with Crippen LogP contribution in [0.4, 0.5) is 9.52 Å². The molecule has 1 unspecified atom stereocenters. The highest BCUT2D eigenvalue weighted by atomic mass is 32.1. The molecule has 1 fully saturated rings. The van der Waals surface area contributed by atoms with Gasteiger partial charge in [-0.05, 0) is 30.2 Å². The Labute approximate surface area is 125 Å². The van der Waals surface area contributed by atoms with Crippen molar-refractivity contribution in [1.29, 1.82) is 0 Å². The Morgan fingerprint density at radius 3 is 3.00 bits per heavy atom. The molecule has 0 N–H and O–H groups in total. The number of halogens is 1. The molecule has 4 heterocycles. The first-order valence-electron chi connectivity index (χ1n) is 6.87. The number of nitrogens with zero attached hydrogens (tertiary/aromatic N) is 4. The third-order valence-electron chi connectivity index (χ3n) is 3.84. The molecule has 0 aromatic carbocycles. The molecule has 21 heavy (non-hydrogen) atoms. The summed E-state index contributed by atoms with van der Waals surface area (Å²) >= 11 is 1.62. The van der Waals surface area contributed by atoms with Crippen molar-refractivity contribution in [3.8, 4) is 0 Å². The van der Waals surface area contributed by atoms with Crippen LogP contribution in [0, 0.1) is 5.95 Å². The van der Waals surface area contributed by atoms with E-state index in [-0.39, 0.29) is 0 Å². The standard InChI is InChI=1S/C15H13FN4S/c16-13-4-3-10(8-18-13)11-5-7-20(9-11)15-19-12-2-1-6-17-14(12)21-15/h1-4,6,8,11H,5,7,9H2. The van der Waals surface area contributed by atoms with Crippen molar-refractivity contribution >= 4 is 26.8 Å². The van der Waals surface area contributed by atoms with Crippen LogP contribution in [-0.2, 0) is 0 Å². The van der Waals surface area contributed by atoms with Crippen molar-refractivity contribution in [2.24, 2.45) is 0 Å². The number of thiazole rings is 1. The number of anilines is 1. The van der Waals surface area contributed by atoms with Crippen LogP contribution in [0.5, 0.6) is 0 Å². The van der Waals surface area contributed by atoms with Gasteiger partial charge in [-0.25, -0.2) is 15.0 Å². The summed E-state index contributed by atoms with van der Waals surface area (Å²) in [7, 11) is 0. The Hall–Kier alpha value is -2.08. The summed E-state index contributed by atoms with van der Waals surface area (Å²) in [6, 6.07) is 7.15. The molecule has 1 atom stereocenters. The molecule has 0 bridgehead atoms. The highest BCUT2D eigenvalue weighted by molar-refractivity contribution is 7.21. The van der Waals surface area contributed by atoms with Crippen LogP contribution in [0.3, 0.4) is 0 Å². The van der Waals surface area contributed by atoms with Gasteiger partial charge in [0.25, 0.3) is 0 Å². The monoisotopic (exact) mass is 300 g/mol. The number of rotatable bonds is 2. The molecule has 0 spiro atoms. The molecule has 6 heteroatoms. The molecule has 4 nitrogen and oxygen atoms in total. The SMILES string of the molecule is Fc1ccc(C2CCN(c3nc4cccnc4s3)C2)cn1. The highest BCUT2D eigenvalue weighted by Crippen LogP contribution is 2.34. The zero-order valence-electron chi connectivity index (χ0n) is 11.2. The second kappa shape index (κ2) is 5.04. The lowest BCUT2D eigenvalue weighted by atomic mass is 10.0. The van der Waals surface area contributed by atoms with Crippen molar-refractivity contribution in [2.75, 3.05) is 18.0 Å². The Balaban J connectivity index is 1.56. The van der Waals surface area contributed by atoms with Gasteiger partial charge in [-0.2, -0.15) is 4.39 Å². The maximum Gasteiger partial charge on any atom is 0.212 e. The van der Waals surface area contributed by atoms with E-state index in [1.807, 2.05) is 18.2 Å². The Morgan fingerprint density at radius 2 is 2.19 bits per heavy atom. The van der Waals surface area contributed by atoms with Gasteiger partial charge in [-0.1, -0.05) is 17.4 Å². The van der Waals surface area contributed by atoms with Crippen LogP contribution in [0.15, 0.2) is 36.7 Å². The molecule has 106 valence electrons. The van der Waals surface area contributed by atoms with Crippen LogP contribution in [-0.4, -0.2) is 28.0 Å². The van der Waals surface area contributed by atoms with Crippen molar-refractivity contribution in [2.45, 2.75) is 12.3 Å². The van der Waals surface area contributed by atoms with E-state index in [1.54, 1.807) is 23.7 Å². The Bertz CT molecular complexity index is 738. The molecule has 3 aromatic rings. The largest absolute Gasteiger partial charge is 0.347 e. The Morgan fingerprint density at radius 1 is 1.24 bits per heavy atom. The maximum absolute atomic E-state index is 12.9. The van der Waals surface area contributed by atoms with Crippen molar-refractivity contribution in [3.05, 3.63) is 48.2 Å². The van der Waals surface area contributed by atoms with E-state index in [4.69, 9.17) is 0 Å². The van der Waals surface area contributed by atoms with Gasteiger partial charge in [0, 0.05) is 31.4 Å². The van der Waals surface area contributed by atoms with E-state index < -0.39 is 5.95 Å². The summed E-state index contributed by atoms with van der Waals surface area (Å²) in [6.07, 6.45) is 4.47. The van der Waals surface area contributed by atoms with Crippen molar-refractivity contribution in [3.63, 3.8) is 0 Å².